The molecule has 0 aliphatic heterocycles. The van der Waals surface area contributed by atoms with Gasteiger partial charge in [-0.2, -0.15) is 8.42 Å². The van der Waals surface area contributed by atoms with Crippen LogP contribution in [-0.4, -0.2) is 84.0 Å². The van der Waals surface area contributed by atoms with Crippen molar-refractivity contribution in [2.24, 2.45) is 11.8 Å². The van der Waals surface area contributed by atoms with E-state index < -0.39 is 39.7 Å². The Bertz CT molecular complexity index is 711. The molecule has 0 aromatic rings. The molecule has 0 bridgehead atoms. The Morgan fingerprint density at radius 1 is 0.886 bits per heavy atom. The van der Waals surface area contributed by atoms with Crippen LogP contribution in [0.3, 0.4) is 0 Å². The molecule has 0 aliphatic rings. The zero-order valence-corrected chi connectivity index (χ0v) is 22.2. The summed E-state index contributed by atoms with van der Waals surface area (Å²) in [5.41, 5.74) is 0.176. The van der Waals surface area contributed by atoms with Crippen LogP contribution in [-0.2, 0) is 34.0 Å². The topological polar surface area (TPSA) is 144 Å². The van der Waals surface area contributed by atoms with E-state index in [4.69, 9.17) is 14.6 Å². The molecule has 0 heterocycles. The molecule has 0 radical (unpaired) electrons. The average molecular weight is 533 g/mol. The van der Waals surface area contributed by atoms with Gasteiger partial charge in [0.15, 0.2) is 5.25 Å². The molecule has 11 heteroatoms. The molecule has 0 aromatic carbocycles. The molecule has 0 fully saturated rings. The third-order valence-corrected chi connectivity index (χ3v) is 6.45. The molecule has 2 N–H and O–H groups in total. The molecule has 0 amide bonds. The maximum atomic E-state index is 12.2. The average Bonchev–Trinajstić information content (AvgIpc) is 2.77. The fourth-order valence-electron chi connectivity index (χ4n) is 2.82. The van der Waals surface area contributed by atoms with Crippen LogP contribution in [0.4, 0.5) is 0 Å². The summed E-state index contributed by atoms with van der Waals surface area (Å²) in [6, 6.07) is 0. The summed E-state index contributed by atoms with van der Waals surface area (Å²) in [7, 11) is -4.76. The molecule has 3 unspecified atom stereocenters. The number of hydrogen-bond acceptors (Lipinski definition) is 7. The fourth-order valence-corrected chi connectivity index (χ4v) is 3.48. The van der Waals surface area contributed by atoms with Gasteiger partial charge in [0.1, 0.15) is 0 Å². The van der Waals surface area contributed by atoms with Crippen molar-refractivity contribution in [3.8, 4) is 0 Å². The van der Waals surface area contributed by atoms with Crippen molar-refractivity contribution in [2.45, 2.75) is 97.7 Å². The van der Waals surface area contributed by atoms with Gasteiger partial charge >= 0.3 is 47.5 Å². The van der Waals surface area contributed by atoms with Crippen molar-refractivity contribution in [1.82, 2.24) is 0 Å². The van der Waals surface area contributed by atoms with Gasteiger partial charge in [-0.05, 0) is 31.6 Å². The van der Waals surface area contributed by atoms with E-state index in [1.165, 1.54) is 6.92 Å². The second kappa shape index (κ2) is 22.3. The molecule has 202 valence electrons. The predicted octanol–water partition coefficient (Wildman–Crippen LogP) is 4.15. The number of esters is 2. The van der Waals surface area contributed by atoms with Gasteiger partial charge < -0.3 is 14.6 Å². The van der Waals surface area contributed by atoms with Gasteiger partial charge in [0.05, 0.1) is 19.6 Å². The number of aliphatic carboxylic acids is 1. The van der Waals surface area contributed by atoms with E-state index >= 15 is 0 Å². The second-order valence-corrected chi connectivity index (χ2v) is 10.0. The van der Waals surface area contributed by atoms with Crippen molar-refractivity contribution in [3.05, 3.63) is 12.2 Å². The zero-order valence-electron chi connectivity index (χ0n) is 21.4. The van der Waals surface area contributed by atoms with E-state index in [0.717, 1.165) is 51.4 Å². The van der Waals surface area contributed by atoms with E-state index in [1.54, 1.807) is 0 Å². The van der Waals surface area contributed by atoms with Crippen LogP contribution < -0.4 is 0 Å². The second-order valence-electron chi connectivity index (χ2n) is 8.44. The SMILES string of the molecule is C=C(C)C(=O)O.CCCCC(CC)COC(=O)CC(C(=O)OCC(CC)CCCC)S(=O)(=O)O.[NaH]. The zero-order chi connectivity index (χ0) is 26.7. The summed E-state index contributed by atoms with van der Waals surface area (Å²) < 4.78 is 42.8. The molecular formula is C24H45NaO9S. The van der Waals surface area contributed by atoms with Crippen LogP contribution in [0.15, 0.2) is 12.2 Å². The Morgan fingerprint density at radius 2 is 1.29 bits per heavy atom. The Morgan fingerprint density at radius 3 is 1.60 bits per heavy atom. The molecular weight excluding hydrogens is 487 g/mol. The van der Waals surface area contributed by atoms with Gasteiger partial charge in [-0.1, -0.05) is 72.8 Å². The number of unbranched alkanes of at least 4 members (excludes halogenated alkanes) is 2. The predicted molar refractivity (Wildman–Crippen MR) is 138 cm³/mol. The van der Waals surface area contributed by atoms with Gasteiger partial charge in [-0.3, -0.25) is 14.1 Å². The van der Waals surface area contributed by atoms with Crippen molar-refractivity contribution in [2.75, 3.05) is 13.2 Å². The first-order chi connectivity index (χ1) is 15.8. The number of carbonyl (C=O) groups is 3. The molecule has 9 nitrogen and oxygen atoms in total. The van der Waals surface area contributed by atoms with Gasteiger partial charge in [-0.25, -0.2) is 4.79 Å². The minimum absolute atomic E-state index is 0. The first-order valence-corrected chi connectivity index (χ1v) is 13.5. The summed E-state index contributed by atoms with van der Waals surface area (Å²) in [6.07, 6.45) is 6.74. The Labute approximate surface area is 233 Å². The molecule has 0 saturated carbocycles. The van der Waals surface area contributed by atoms with E-state index in [9.17, 15) is 27.4 Å². The molecule has 3 atom stereocenters. The van der Waals surface area contributed by atoms with Crippen LogP contribution in [0, 0.1) is 11.8 Å². The summed E-state index contributed by atoms with van der Waals surface area (Å²) in [5.74, 6) is -2.54. The maximum absolute atomic E-state index is 12.2. The normalized spacial score (nSPS) is 13.2. The number of carboxylic acid groups (broad SMARTS) is 1. The molecule has 0 saturated heterocycles. The standard InChI is InChI=1S/C20H38O7S.C4H6O2.Na.H/c1-5-9-11-16(7-3)14-26-19(21)13-18(28(23,24)25)20(22)27-15-17(8-4)12-10-6-2;1-3(2)4(5)6;;/h16-18H,5-15H2,1-4H3,(H,23,24,25);1H2,2H3,(H,5,6);;. The minimum atomic E-state index is -4.76. The molecule has 35 heavy (non-hydrogen) atoms. The number of rotatable bonds is 17. The van der Waals surface area contributed by atoms with Crippen LogP contribution in [0.25, 0.3) is 0 Å². The quantitative estimate of drug-likeness (QED) is 0.122. The molecule has 0 spiro atoms. The van der Waals surface area contributed by atoms with Crippen LogP contribution in [0.2, 0.25) is 0 Å². The fraction of sp³-hybridized carbons (Fsp3) is 0.792. The monoisotopic (exact) mass is 532 g/mol. The van der Waals surface area contributed by atoms with E-state index in [-0.39, 0.29) is 60.2 Å². The third kappa shape index (κ3) is 20.9. The number of ether oxygens (including phenoxy) is 2. The van der Waals surface area contributed by atoms with E-state index in [1.807, 2.05) is 13.8 Å². The third-order valence-electron chi connectivity index (χ3n) is 5.37. The summed E-state index contributed by atoms with van der Waals surface area (Å²) in [6.45, 7) is 13.0. The van der Waals surface area contributed by atoms with Gasteiger partial charge in [-0.15, -0.1) is 0 Å². The first kappa shape index (κ1) is 38.6. The Hall–Kier alpha value is -0.940. The Kier molecular flexibility index (Phi) is 24.6. The first-order valence-electron chi connectivity index (χ1n) is 12.0. The summed E-state index contributed by atoms with van der Waals surface area (Å²) >= 11 is 0. The van der Waals surface area contributed by atoms with Crippen LogP contribution in [0.1, 0.15) is 92.4 Å². The molecule has 0 rings (SSSR count). The summed E-state index contributed by atoms with van der Waals surface area (Å²) in [5, 5.41) is 5.95. The van der Waals surface area contributed by atoms with Crippen molar-refractivity contribution in [3.63, 3.8) is 0 Å². The van der Waals surface area contributed by atoms with E-state index in [2.05, 4.69) is 20.4 Å². The number of carbonyl (C=O) groups excluding carboxylic acids is 2. The van der Waals surface area contributed by atoms with Crippen molar-refractivity contribution < 1.29 is 41.9 Å². The van der Waals surface area contributed by atoms with Crippen molar-refractivity contribution in [1.29, 1.82) is 0 Å². The van der Waals surface area contributed by atoms with Crippen LogP contribution in [0.5, 0.6) is 0 Å². The molecule has 0 aromatic heterocycles. The number of hydrogen-bond donors (Lipinski definition) is 2. The Balaban J connectivity index is -0.00000129. The van der Waals surface area contributed by atoms with Gasteiger partial charge in [0.2, 0.25) is 0 Å². The summed E-state index contributed by atoms with van der Waals surface area (Å²) in [4.78, 5) is 33.8. The number of carboxylic acids is 1. The van der Waals surface area contributed by atoms with Crippen LogP contribution >= 0.6 is 0 Å². The van der Waals surface area contributed by atoms with Gasteiger partial charge in [0, 0.05) is 5.57 Å². The molecule has 0 aliphatic carbocycles. The van der Waals surface area contributed by atoms with Crippen molar-refractivity contribution >= 4 is 57.6 Å². The van der Waals surface area contributed by atoms with E-state index in [0.29, 0.717) is 0 Å². The van der Waals surface area contributed by atoms with Gasteiger partial charge in [0.25, 0.3) is 10.1 Å².